The number of fused-ring (bicyclic) bond motifs is 2. The minimum absolute atomic E-state index is 0.00569. The van der Waals surface area contributed by atoms with E-state index in [0.717, 1.165) is 11.0 Å². The van der Waals surface area contributed by atoms with Gasteiger partial charge in [0.05, 0.1) is 11.0 Å². The first-order valence-electron chi connectivity index (χ1n) is 7.88. The normalized spacial score (nSPS) is 11.1. The number of hydrogen-bond acceptors (Lipinski definition) is 5. The van der Waals surface area contributed by atoms with Gasteiger partial charge >= 0.3 is 0 Å². The van der Waals surface area contributed by atoms with Gasteiger partial charge in [0.25, 0.3) is 0 Å². The SMILES string of the molecule is Cn1c2cc(OCCN)ccc2c(=O)c2ccc(OCCN)cc21. The highest BCUT2D eigenvalue weighted by Gasteiger charge is 2.11. The average molecular weight is 327 g/mol. The van der Waals surface area contributed by atoms with Gasteiger partial charge in [-0.1, -0.05) is 0 Å². The second-order valence-electron chi connectivity index (χ2n) is 5.52. The lowest BCUT2D eigenvalue weighted by Gasteiger charge is -2.13. The van der Waals surface area contributed by atoms with Crippen LogP contribution in [0.3, 0.4) is 0 Å². The molecule has 0 saturated carbocycles. The van der Waals surface area contributed by atoms with E-state index in [1.807, 2.05) is 23.7 Å². The zero-order valence-corrected chi connectivity index (χ0v) is 13.6. The van der Waals surface area contributed by atoms with Crippen LogP contribution < -0.4 is 26.4 Å². The smallest absolute Gasteiger partial charge is 0.197 e. The molecule has 1 heterocycles. The van der Waals surface area contributed by atoms with Crippen LogP contribution in [-0.4, -0.2) is 30.9 Å². The molecule has 1 aromatic heterocycles. The molecule has 6 nitrogen and oxygen atoms in total. The van der Waals surface area contributed by atoms with E-state index >= 15 is 0 Å². The molecule has 0 unspecified atom stereocenters. The predicted octanol–water partition coefficient (Wildman–Crippen LogP) is 1.37. The predicted molar refractivity (Wildman–Crippen MR) is 95.8 cm³/mol. The Morgan fingerprint density at radius 2 is 1.33 bits per heavy atom. The third kappa shape index (κ3) is 2.93. The number of nitrogens with zero attached hydrogens (tertiary/aromatic N) is 1. The van der Waals surface area contributed by atoms with Gasteiger partial charge in [-0.25, -0.2) is 0 Å². The molecule has 0 spiro atoms. The number of benzene rings is 2. The van der Waals surface area contributed by atoms with Crippen LogP contribution in [0.2, 0.25) is 0 Å². The summed E-state index contributed by atoms with van der Waals surface area (Å²) >= 11 is 0. The number of aromatic nitrogens is 1. The van der Waals surface area contributed by atoms with Crippen molar-refractivity contribution in [1.29, 1.82) is 0 Å². The standard InChI is InChI=1S/C18H21N3O3/c1-21-16-10-12(23-8-6-19)2-4-14(16)18(22)15-5-3-13(11-17(15)21)24-9-7-20/h2-5,10-11H,6-9,19-20H2,1H3. The molecular formula is C18H21N3O3. The number of pyridine rings is 1. The van der Waals surface area contributed by atoms with Gasteiger partial charge in [0.15, 0.2) is 5.43 Å². The van der Waals surface area contributed by atoms with Gasteiger partial charge in [0.2, 0.25) is 0 Å². The molecule has 6 heteroatoms. The highest BCUT2D eigenvalue weighted by Crippen LogP contribution is 2.25. The van der Waals surface area contributed by atoms with Crippen LogP contribution in [0, 0.1) is 0 Å². The van der Waals surface area contributed by atoms with E-state index in [0.29, 0.717) is 48.6 Å². The lowest BCUT2D eigenvalue weighted by molar-refractivity contribution is 0.328. The summed E-state index contributed by atoms with van der Waals surface area (Å²) in [6.07, 6.45) is 0. The maximum absolute atomic E-state index is 12.8. The minimum atomic E-state index is -0.00569. The molecular weight excluding hydrogens is 306 g/mol. The van der Waals surface area contributed by atoms with Crippen LogP contribution in [0.5, 0.6) is 11.5 Å². The Balaban J connectivity index is 2.19. The third-order valence-corrected chi connectivity index (χ3v) is 3.92. The first kappa shape index (κ1) is 16.3. The Hall–Kier alpha value is -2.57. The number of hydrogen-bond donors (Lipinski definition) is 2. The Kier molecular flexibility index (Phi) is 4.69. The fraction of sp³-hybridized carbons (Fsp3) is 0.278. The van der Waals surface area contributed by atoms with Crippen molar-refractivity contribution < 1.29 is 9.47 Å². The van der Waals surface area contributed by atoms with Gasteiger partial charge in [0.1, 0.15) is 24.7 Å². The van der Waals surface area contributed by atoms with E-state index in [-0.39, 0.29) is 5.43 Å². The summed E-state index contributed by atoms with van der Waals surface area (Å²) in [4.78, 5) is 12.8. The molecule has 0 bridgehead atoms. The van der Waals surface area contributed by atoms with E-state index in [1.54, 1.807) is 24.3 Å². The summed E-state index contributed by atoms with van der Waals surface area (Å²) < 4.78 is 13.1. The number of ether oxygens (including phenoxy) is 2. The van der Waals surface area contributed by atoms with Gasteiger partial charge < -0.3 is 25.5 Å². The van der Waals surface area contributed by atoms with E-state index in [1.165, 1.54) is 0 Å². The van der Waals surface area contributed by atoms with Crippen molar-refractivity contribution in [2.75, 3.05) is 26.3 Å². The van der Waals surface area contributed by atoms with E-state index in [2.05, 4.69) is 0 Å². The van der Waals surface area contributed by atoms with Gasteiger partial charge in [-0.3, -0.25) is 4.79 Å². The second-order valence-corrected chi connectivity index (χ2v) is 5.52. The summed E-state index contributed by atoms with van der Waals surface area (Å²) in [5, 5.41) is 1.31. The topological polar surface area (TPSA) is 92.5 Å². The van der Waals surface area contributed by atoms with Crippen LogP contribution in [0.1, 0.15) is 0 Å². The van der Waals surface area contributed by atoms with Crippen molar-refractivity contribution in [3.05, 3.63) is 46.6 Å². The van der Waals surface area contributed by atoms with Crippen molar-refractivity contribution in [2.24, 2.45) is 18.5 Å². The monoisotopic (exact) mass is 327 g/mol. The van der Waals surface area contributed by atoms with Crippen molar-refractivity contribution >= 4 is 21.8 Å². The number of rotatable bonds is 6. The molecule has 126 valence electrons. The van der Waals surface area contributed by atoms with Crippen molar-refractivity contribution in [1.82, 2.24) is 4.57 Å². The van der Waals surface area contributed by atoms with Gasteiger partial charge in [0, 0.05) is 43.0 Å². The first-order valence-corrected chi connectivity index (χ1v) is 7.88. The second kappa shape index (κ2) is 6.90. The fourth-order valence-electron chi connectivity index (χ4n) is 2.77. The maximum Gasteiger partial charge on any atom is 0.197 e. The summed E-state index contributed by atoms with van der Waals surface area (Å²) in [6, 6.07) is 10.9. The van der Waals surface area contributed by atoms with Crippen LogP contribution in [0.25, 0.3) is 21.8 Å². The average Bonchev–Trinajstić information content (AvgIpc) is 2.62. The quantitative estimate of drug-likeness (QED) is 0.667. The summed E-state index contributed by atoms with van der Waals surface area (Å²) in [6.45, 7) is 1.75. The van der Waals surface area contributed by atoms with Crippen molar-refractivity contribution in [3.63, 3.8) is 0 Å². The molecule has 0 saturated heterocycles. The lowest BCUT2D eigenvalue weighted by atomic mass is 10.1. The van der Waals surface area contributed by atoms with Gasteiger partial charge in [-0.15, -0.1) is 0 Å². The highest BCUT2D eigenvalue weighted by atomic mass is 16.5. The van der Waals surface area contributed by atoms with Gasteiger partial charge in [-0.05, 0) is 24.3 Å². The largest absolute Gasteiger partial charge is 0.492 e. The molecule has 0 atom stereocenters. The summed E-state index contributed by atoms with van der Waals surface area (Å²) in [5.41, 5.74) is 12.5. The zero-order valence-electron chi connectivity index (χ0n) is 13.6. The molecule has 3 aromatic rings. The lowest BCUT2D eigenvalue weighted by Crippen LogP contribution is -2.13. The molecule has 0 aliphatic carbocycles. The van der Waals surface area contributed by atoms with Crippen molar-refractivity contribution in [2.45, 2.75) is 0 Å². The molecule has 0 amide bonds. The van der Waals surface area contributed by atoms with Crippen LogP contribution in [-0.2, 0) is 7.05 Å². The molecule has 3 rings (SSSR count). The van der Waals surface area contributed by atoms with E-state index < -0.39 is 0 Å². The van der Waals surface area contributed by atoms with Gasteiger partial charge in [-0.2, -0.15) is 0 Å². The summed E-state index contributed by atoms with van der Waals surface area (Å²) in [7, 11) is 1.92. The van der Waals surface area contributed by atoms with E-state index in [9.17, 15) is 4.79 Å². The molecule has 24 heavy (non-hydrogen) atoms. The third-order valence-electron chi connectivity index (χ3n) is 3.92. The molecule has 0 aliphatic rings. The number of nitrogens with two attached hydrogens (primary N) is 2. The molecule has 2 aromatic carbocycles. The van der Waals surface area contributed by atoms with E-state index in [4.69, 9.17) is 20.9 Å². The Labute approximate surface area is 139 Å². The fourth-order valence-corrected chi connectivity index (χ4v) is 2.77. The van der Waals surface area contributed by atoms with Crippen molar-refractivity contribution in [3.8, 4) is 11.5 Å². The minimum Gasteiger partial charge on any atom is -0.492 e. The molecule has 0 fully saturated rings. The summed E-state index contributed by atoms with van der Waals surface area (Å²) in [5.74, 6) is 1.38. The maximum atomic E-state index is 12.8. The molecule has 0 aliphatic heterocycles. The van der Waals surface area contributed by atoms with Crippen LogP contribution >= 0.6 is 0 Å². The highest BCUT2D eigenvalue weighted by molar-refractivity contribution is 5.94. The van der Waals surface area contributed by atoms with Crippen LogP contribution in [0.15, 0.2) is 41.2 Å². The Morgan fingerprint density at radius 1 is 0.875 bits per heavy atom. The first-order chi connectivity index (χ1) is 11.7. The molecule has 0 radical (unpaired) electrons. The Morgan fingerprint density at radius 3 is 1.75 bits per heavy atom. The Bertz CT molecular complexity index is 862. The number of aryl methyl sites for hydroxylation is 1. The molecule has 4 N–H and O–H groups in total. The zero-order chi connectivity index (χ0) is 17.1. The van der Waals surface area contributed by atoms with Crippen LogP contribution in [0.4, 0.5) is 0 Å².